The molecule has 4 nitrogen and oxygen atoms in total. The van der Waals surface area contributed by atoms with E-state index in [1.807, 2.05) is 0 Å². The average Bonchev–Trinajstić information content (AvgIpc) is 3.12. The third-order valence-corrected chi connectivity index (χ3v) is 9.75. The Kier molecular flexibility index (Phi) is 6.05. The Morgan fingerprint density at radius 2 is 1.86 bits per heavy atom. The van der Waals surface area contributed by atoms with E-state index in [-0.39, 0.29) is 29.3 Å². The number of rotatable bonds is 8. The molecule has 130 valence electrons. The van der Waals surface area contributed by atoms with E-state index in [4.69, 9.17) is 9.16 Å². The van der Waals surface area contributed by atoms with E-state index < -0.39 is 13.9 Å². The molecule has 5 heteroatoms. The molecule has 0 amide bonds. The fourth-order valence-corrected chi connectivity index (χ4v) is 4.06. The van der Waals surface area contributed by atoms with Gasteiger partial charge in [0.2, 0.25) is 0 Å². The summed E-state index contributed by atoms with van der Waals surface area (Å²) in [5, 5.41) is 10.0. The summed E-state index contributed by atoms with van der Waals surface area (Å²) >= 11 is 0. The second kappa shape index (κ2) is 6.71. The molecule has 1 N–H and O–H groups in total. The monoisotopic (exact) mass is 330 g/mol. The third kappa shape index (κ3) is 4.88. The van der Waals surface area contributed by atoms with Crippen molar-refractivity contribution in [3.63, 3.8) is 0 Å². The Morgan fingerprint density at radius 1 is 1.32 bits per heavy atom. The molecule has 1 heterocycles. The van der Waals surface area contributed by atoms with Crippen LogP contribution in [0, 0.1) is 5.92 Å². The summed E-state index contributed by atoms with van der Waals surface area (Å²) in [6.45, 7) is 17.1. The summed E-state index contributed by atoms with van der Waals surface area (Å²) in [4.78, 5) is 10.8. The van der Waals surface area contributed by atoms with Crippen LogP contribution in [0.2, 0.25) is 18.1 Å². The van der Waals surface area contributed by atoms with Gasteiger partial charge in [0.1, 0.15) is 5.60 Å². The first-order chi connectivity index (χ1) is 9.84. The van der Waals surface area contributed by atoms with Gasteiger partial charge in [0.15, 0.2) is 14.6 Å². The van der Waals surface area contributed by atoms with Crippen LogP contribution in [-0.4, -0.2) is 43.6 Å². The van der Waals surface area contributed by atoms with E-state index in [9.17, 15) is 9.90 Å². The molecule has 0 aromatic carbocycles. The first kappa shape index (κ1) is 19.8. The summed E-state index contributed by atoms with van der Waals surface area (Å²) in [6, 6.07) is 0. The second-order valence-electron chi connectivity index (χ2n) is 8.50. The van der Waals surface area contributed by atoms with E-state index in [0.29, 0.717) is 12.7 Å². The molecular formula is C17H34O4Si. The van der Waals surface area contributed by atoms with E-state index in [0.717, 1.165) is 6.42 Å². The molecule has 1 rings (SSSR count). The average molecular weight is 331 g/mol. The first-order valence-corrected chi connectivity index (χ1v) is 11.3. The van der Waals surface area contributed by atoms with Crippen molar-refractivity contribution in [2.24, 2.45) is 5.92 Å². The summed E-state index contributed by atoms with van der Waals surface area (Å²) in [6.07, 6.45) is 2.12. The predicted molar refractivity (Wildman–Crippen MR) is 91.5 cm³/mol. The number of hydrogen-bond acceptors (Lipinski definition) is 4. The fourth-order valence-electron chi connectivity index (χ4n) is 2.57. The van der Waals surface area contributed by atoms with Gasteiger partial charge in [-0.15, -0.1) is 0 Å². The number of carbonyl (C=O) groups excluding carboxylic acids is 1. The Hall–Kier alpha value is -0.233. The smallest absolute Gasteiger partial charge is 0.192 e. The van der Waals surface area contributed by atoms with Crippen molar-refractivity contribution in [1.29, 1.82) is 0 Å². The van der Waals surface area contributed by atoms with Crippen molar-refractivity contribution in [2.45, 2.75) is 96.4 Å². The second-order valence-corrected chi connectivity index (χ2v) is 13.3. The van der Waals surface area contributed by atoms with Gasteiger partial charge in [0.05, 0.1) is 12.2 Å². The highest BCUT2D eigenvalue weighted by molar-refractivity contribution is 6.74. The number of aldehydes is 1. The minimum absolute atomic E-state index is 0.0349. The van der Waals surface area contributed by atoms with Crippen molar-refractivity contribution >= 4 is 14.6 Å². The van der Waals surface area contributed by atoms with Gasteiger partial charge in [-0.3, -0.25) is 0 Å². The van der Waals surface area contributed by atoms with Crippen LogP contribution < -0.4 is 0 Å². The van der Waals surface area contributed by atoms with Gasteiger partial charge in [-0.05, 0) is 31.5 Å². The Balaban J connectivity index is 2.64. The minimum Gasteiger partial charge on any atom is -0.414 e. The van der Waals surface area contributed by atoms with Crippen molar-refractivity contribution in [3.05, 3.63) is 0 Å². The maximum Gasteiger partial charge on any atom is 0.192 e. The number of carbonyl (C=O) groups is 1. The standard InChI is InChI=1S/C17H34O4Si/c1-9-13(21-22(7,8)16(3,4)5)12(2)15-14(20-15)10-17(6,19)11-18/h11-15,19H,9-10H2,1-8H3/t12-,13+,14-,15-,17-/m1/s1. The van der Waals surface area contributed by atoms with Gasteiger partial charge < -0.3 is 19.1 Å². The highest BCUT2D eigenvalue weighted by atomic mass is 28.4. The molecule has 0 aliphatic carbocycles. The van der Waals surface area contributed by atoms with Crippen molar-refractivity contribution in [1.82, 2.24) is 0 Å². The molecule has 0 spiro atoms. The molecule has 0 unspecified atom stereocenters. The molecular weight excluding hydrogens is 296 g/mol. The van der Waals surface area contributed by atoms with Gasteiger partial charge in [0.25, 0.3) is 0 Å². The molecule has 1 saturated heterocycles. The van der Waals surface area contributed by atoms with Gasteiger partial charge in [-0.1, -0.05) is 34.6 Å². The van der Waals surface area contributed by atoms with E-state index in [1.165, 1.54) is 6.92 Å². The van der Waals surface area contributed by atoms with Crippen LogP contribution in [0.25, 0.3) is 0 Å². The van der Waals surface area contributed by atoms with Gasteiger partial charge in [-0.25, -0.2) is 0 Å². The molecule has 0 aromatic rings. The molecule has 1 aliphatic rings. The lowest BCUT2D eigenvalue weighted by molar-refractivity contribution is -0.123. The zero-order chi connectivity index (χ0) is 17.3. The van der Waals surface area contributed by atoms with Crippen molar-refractivity contribution < 1.29 is 19.1 Å². The van der Waals surface area contributed by atoms with Crippen LogP contribution in [-0.2, 0) is 14.0 Å². The topological polar surface area (TPSA) is 59.1 Å². The highest BCUT2D eigenvalue weighted by Crippen LogP contribution is 2.42. The van der Waals surface area contributed by atoms with Crippen LogP contribution in [0.1, 0.15) is 54.4 Å². The lowest BCUT2D eigenvalue weighted by Crippen LogP contribution is -2.46. The number of epoxide rings is 1. The zero-order valence-corrected chi connectivity index (χ0v) is 16.5. The lowest BCUT2D eigenvalue weighted by atomic mass is 9.92. The molecule has 5 atom stereocenters. The summed E-state index contributed by atoms with van der Waals surface area (Å²) in [5.74, 6) is 0.270. The lowest BCUT2D eigenvalue weighted by Gasteiger charge is -2.40. The Bertz CT molecular complexity index is 387. The van der Waals surface area contributed by atoms with E-state index in [1.54, 1.807) is 0 Å². The summed E-state index contributed by atoms with van der Waals surface area (Å²) in [5.41, 5.74) is -1.29. The molecule has 22 heavy (non-hydrogen) atoms. The predicted octanol–water partition coefficient (Wildman–Crippen LogP) is 3.53. The molecule has 0 saturated carbocycles. The van der Waals surface area contributed by atoms with Gasteiger partial charge in [0, 0.05) is 18.4 Å². The summed E-state index contributed by atoms with van der Waals surface area (Å²) < 4.78 is 12.3. The van der Waals surface area contributed by atoms with Crippen LogP contribution >= 0.6 is 0 Å². The molecule has 1 fully saturated rings. The first-order valence-electron chi connectivity index (χ1n) is 8.36. The highest BCUT2D eigenvalue weighted by Gasteiger charge is 2.49. The normalized spacial score (nSPS) is 27.9. The quantitative estimate of drug-likeness (QED) is 0.420. The number of ether oxygens (including phenoxy) is 1. The maximum atomic E-state index is 10.8. The van der Waals surface area contributed by atoms with Crippen LogP contribution in [0.4, 0.5) is 0 Å². The maximum absolute atomic E-state index is 10.8. The van der Waals surface area contributed by atoms with Crippen molar-refractivity contribution in [2.75, 3.05) is 0 Å². The molecule has 0 radical (unpaired) electrons. The molecule has 0 bridgehead atoms. The molecule has 1 aliphatic heterocycles. The van der Waals surface area contributed by atoms with Crippen LogP contribution in [0.5, 0.6) is 0 Å². The van der Waals surface area contributed by atoms with Crippen molar-refractivity contribution in [3.8, 4) is 0 Å². The van der Waals surface area contributed by atoms with Crippen LogP contribution in [0.3, 0.4) is 0 Å². The SMILES string of the molecule is CC[C@H](O[Si](C)(C)C(C)(C)C)[C@@H](C)[C@H]1O[C@@H]1C[C@@](C)(O)C=O. The Labute approximate surface area is 136 Å². The number of aliphatic hydroxyl groups is 1. The van der Waals surface area contributed by atoms with Gasteiger partial charge in [-0.2, -0.15) is 0 Å². The number of hydrogen-bond donors (Lipinski definition) is 1. The van der Waals surface area contributed by atoms with E-state index in [2.05, 4.69) is 47.7 Å². The fraction of sp³-hybridized carbons (Fsp3) is 0.941. The van der Waals surface area contributed by atoms with Gasteiger partial charge >= 0.3 is 0 Å². The van der Waals surface area contributed by atoms with E-state index >= 15 is 0 Å². The Morgan fingerprint density at radius 3 is 2.27 bits per heavy atom. The minimum atomic E-state index is -1.81. The van der Waals surface area contributed by atoms with Crippen LogP contribution in [0.15, 0.2) is 0 Å². The summed E-state index contributed by atoms with van der Waals surface area (Å²) in [7, 11) is -1.81. The third-order valence-electron chi connectivity index (χ3n) is 5.25. The largest absolute Gasteiger partial charge is 0.414 e. The zero-order valence-electron chi connectivity index (χ0n) is 15.5. The molecule has 0 aromatic heterocycles.